The van der Waals surface area contributed by atoms with Gasteiger partial charge in [0.25, 0.3) is 5.56 Å². The highest BCUT2D eigenvalue weighted by Gasteiger charge is 2.33. The van der Waals surface area contributed by atoms with Crippen LogP contribution in [-0.2, 0) is 24.2 Å². The number of halogens is 1. The summed E-state index contributed by atoms with van der Waals surface area (Å²) in [7, 11) is 0. The number of rotatable bonds is 5. The minimum atomic E-state index is -1.22. The van der Waals surface area contributed by atoms with Crippen LogP contribution in [0.2, 0.25) is 0 Å². The molecule has 2 aromatic carbocycles. The van der Waals surface area contributed by atoms with E-state index in [4.69, 9.17) is 0 Å². The Morgan fingerprint density at radius 3 is 2.62 bits per heavy atom. The molecular weight excluding hydrogens is 387 g/mol. The van der Waals surface area contributed by atoms with Crippen molar-refractivity contribution in [3.8, 4) is 11.1 Å². The van der Waals surface area contributed by atoms with E-state index in [1.165, 1.54) is 6.07 Å². The molecule has 29 heavy (non-hydrogen) atoms. The molecule has 1 N–H and O–H groups in total. The SMILES string of the molecule is C[S+]([O-])NC1CCc2ccc(F)c(=O)n2C1Cc1cccc(-c2ccccc2)c1. The first kappa shape index (κ1) is 19.9. The Kier molecular flexibility index (Phi) is 5.85. The molecule has 0 amide bonds. The molecule has 3 atom stereocenters. The molecule has 3 aromatic rings. The van der Waals surface area contributed by atoms with Gasteiger partial charge in [-0.1, -0.05) is 54.6 Å². The first-order valence-electron chi connectivity index (χ1n) is 9.67. The molecule has 0 radical (unpaired) electrons. The second kappa shape index (κ2) is 8.53. The number of aromatic nitrogens is 1. The highest BCUT2D eigenvalue weighted by Crippen LogP contribution is 2.29. The third kappa shape index (κ3) is 4.29. The van der Waals surface area contributed by atoms with Crippen molar-refractivity contribution >= 4 is 11.4 Å². The second-order valence-electron chi connectivity index (χ2n) is 7.40. The van der Waals surface area contributed by atoms with E-state index in [1.807, 2.05) is 30.3 Å². The second-order valence-corrected chi connectivity index (χ2v) is 8.55. The van der Waals surface area contributed by atoms with Crippen molar-refractivity contribution in [1.82, 2.24) is 9.29 Å². The number of hydrogen-bond acceptors (Lipinski definition) is 3. The highest BCUT2D eigenvalue weighted by molar-refractivity contribution is 7.88. The molecule has 0 saturated carbocycles. The minimum absolute atomic E-state index is 0.173. The van der Waals surface area contributed by atoms with Crippen LogP contribution >= 0.6 is 0 Å². The Hall–Kier alpha value is -2.41. The number of hydrogen-bond donors (Lipinski definition) is 1. The van der Waals surface area contributed by atoms with Crippen LogP contribution in [0.3, 0.4) is 0 Å². The molecular formula is C23H23FN2O2S. The maximum absolute atomic E-state index is 14.1. The third-order valence-electron chi connectivity index (χ3n) is 5.46. The van der Waals surface area contributed by atoms with E-state index < -0.39 is 22.7 Å². The van der Waals surface area contributed by atoms with Crippen molar-refractivity contribution < 1.29 is 8.94 Å². The van der Waals surface area contributed by atoms with Gasteiger partial charge in [0, 0.05) is 17.1 Å². The Balaban J connectivity index is 1.72. The Morgan fingerprint density at radius 2 is 1.86 bits per heavy atom. The maximum atomic E-state index is 14.1. The van der Waals surface area contributed by atoms with E-state index in [0.717, 1.165) is 28.8 Å². The lowest BCUT2D eigenvalue weighted by atomic mass is 9.90. The zero-order valence-corrected chi connectivity index (χ0v) is 17.0. The van der Waals surface area contributed by atoms with Crippen LogP contribution in [0.5, 0.6) is 0 Å². The summed E-state index contributed by atoms with van der Waals surface area (Å²) in [5.41, 5.74) is 3.47. The first-order valence-corrected chi connectivity index (χ1v) is 11.2. The molecule has 1 aliphatic heterocycles. The molecule has 0 saturated heterocycles. The molecule has 0 bridgehead atoms. The predicted molar refractivity (Wildman–Crippen MR) is 115 cm³/mol. The van der Waals surface area contributed by atoms with Crippen LogP contribution in [0.25, 0.3) is 11.1 Å². The number of nitrogens with zero attached hydrogens (tertiary/aromatic N) is 1. The van der Waals surface area contributed by atoms with Crippen molar-refractivity contribution in [1.29, 1.82) is 0 Å². The Labute approximate surface area is 172 Å². The molecule has 0 spiro atoms. The summed E-state index contributed by atoms with van der Waals surface area (Å²) in [4.78, 5) is 12.6. The lowest BCUT2D eigenvalue weighted by molar-refractivity contribution is 0.310. The lowest BCUT2D eigenvalue weighted by Crippen LogP contribution is -2.48. The molecule has 1 aromatic heterocycles. The van der Waals surface area contributed by atoms with Crippen molar-refractivity contribution in [2.45, 2.75) is 31.3 Å². The van der Waals surface area contributed by atoms with Gasteiger partial charge in [-0.25, -0.2) is 4.39 Å². The molecule has 4 rings (SSSR count). The van der Waals surface area contributed by atoms with Crippen molar-refractivity contribution in [2.24, 2.45) is 0 Å². The number of benzene rings is 2. The molecule has 1 aliphatic rings. The minimum Gasteiger partial charge on any atom is -0.598 e. The fourth-order valence-electron chi connectivity index (χ4n) is 4.14. The number of fused-ring (bicyclic) bond motifs is 1. The van der Waals surface area contributed by atoms with Crippen LogP contribution in [0.4, 0.5) is 4.39 Å². The predicted octanol–water partition coefficient (Wildman–Crippen LogP) is 3.64. The van der Waals surface area contributed by atoms with Gasteiger partial charge in [0.2, 0.25) is 0 Å². The van der Waals surface area contributed by atoms with Crippen LogP contribution in [0, 0.1) is 5.82 Å². The average Bonchev–Trinajstić information content (AvgIpc) is 2.73. The smallest absolute Gasteiger partial charge is 0.287 e. The standard InChI is InChI=1S/C23H23FN2O2S/c1-29(28)25-21-13-11-19-10-12-20(24)23(27)26(19)22(21)15-16-6-5-9-18(14-16)17-7-3-2-4-8-17/h2-10,12,14,21-22,25H,11,13,15H2,1H3. The normalized spacial score (nSPS) is 19.6. The summed E-state index contributed by atoms with van der Waals surface area (Å²) in [5, 5.41) is 0. The molecule has 2 heterocycles. The van der Waals surface area contributed by atoms with E-state index in [0.29, 0.717) is 12.8 Å². The zero-order valence-electron chi connectivity index (χ0n) is 16.2. The van der Waals surface area contributed by atoms with Gasteiger partial charge in [-0.3, -0.25) is 4.79 Å². The van der Waals surface area contributed by atoms with Gasteiger partial charge in [0.05, 0.1) is 12.1 Å². The fourth-order valence-corrected chi connectivity index (χ4v) is 4.84. The summed E-state index contributed by atoms with van der Waals surface area (Å²) >= 11 is -1.22. The third-order valence-corrected chi connectivity index (χ3v) is 6.09. The molecule has 3 unspecified atom stereocenters. The van der Waals surface area contributed by atoms with Gasteiger partial charge in [-0.2, -0.15) is 0 Å². The van der Waals surface area contributed by atoms with Crippen molar-refractivity contribution in [2.75, 3.05) is 6.26 Å². The van der Waals surface area contributed by atoms with E-state index in [9.17, 15) is 13.7 Å². The van der Waals surface area contributed by atoms with Gasteiger partial charge in [0.15, 0.2) is 5.82 Å². The average molecular weight is 411 g/mol. The molecule has 6 heteroatoms. The van der Waals surface area contributed by atoms with E-state index in [-0.39, 0.29) is 12.1 Å². The van der Waals surface area contributed by atoms with Crippen LogP contribution in [0.1, 0.15) is 23.7 Å². The van der Waals surface area contributed by atoms with Gasteiger partial charge < -0.3 is 9.12 Å². The Bertz CT molecular complexity index is 1050. The van der Waals surface area contributed by atoms with Crippen LogP contribution < -0.4 is 10.3 Å². The van der Waals surface area contributed by atoms with E-state index in [2.05, 4.69) is 29.0 Å². The van der Waals surface area contributed by atoms with Gasteiger partial charge in [-0.05, 0) is 48.1 Å². The van der Waals surface area contributed by atoms with Gasteiger partial charge in [-0.15, -0.1) is 4.72 Å². The highest BCUT2D eigenvalue weighted by atomic mass is 32.2. The summed E-state index contributed by atoms with van der Waals surface area (Å²) in [6.45, 7) is 0. The summed E-state index contributed by atoms with van der Waals surface area (Å²) in [5.74, 6) is -0.755. The first-order chi connectivity index (χ1) is 14.0. The quantitative estimate of drug-likeness (QED) is 0.654. The number of nitrogens with one attached hydrogen (secondary N) is 1. The summed E-state index contributed by atoms with van der Waals surface area (Å²) < 4.78 is 30.6. The molecule has 4 nitrogen and oxygen atoms in total. The van der Waals surface area contributed by atoms with Crippen LogP contribution in [0.15, 0.2) is 71.5 Å². The zero-order chi connectivity index (χ0) is 20.4. The van der Waals surface area contributed by atoms with E-state index >= 15 is 0 Å². The fraction of sp³-hybridized carbons (Fsp3) is 0.261. The number of pyridine rings is 1. The van der Waals surface area contributed by atoms with Crippen molar-refractivity contribution in [3.05, 3.63) is 94.2 Å². The van der Waals surface area contributed by atoms with Gasteiger partial charge in [0.1, 0.15) is 6.26 Å². The number of aryl methyl sites for hydroxylation is 1. The largest absolute Gasteiger partial charge is 0.598 e. The summed E-state index contributed by atoms with van der Waals surface area (Å²) in [6, 6.07) is 20.7. The summed E-state index contributed by atoms with van der Waals surface area (Å²) in [6.07, 6.45) is 3.52. The molecule has 150 valence electrons. The van der Waals surface area contributed by atoms with Gasteiger partial charge >= 0.3 is 0 Å². The maximum Gasteiger partial charge on any atom is 0.287 e. The van der Waals surface area contributed by atoms with E-state index in [1.54, 1.807) is 16.9 Å². The van der Waals surface area contributed by atoms with Crippen molar-refractivity contribution in [3.63, 3.8) is 0 Å². The molecule has 0 fully saturated rings. The lowest BCUT2D eigenvalue weighted by Gasteiger charge is -2.35. The monoisotopic (exact) mass is 410 g/mol. The Morgan fingerprint density at radius 1 is 1.10 bits per heavy atom. The topological polar surface area (TPSA) is 57.1 Å². The van der Waals surface area contributed by atoms with Crippen LogP contribution in [-0.4, -0.2) is 21.4 Å². The molecule has 0 aliphatic carbocycles.